The van der Waals surface area contributed by atoms with Gasteiger partial charge in [0.15, 0.2) is 17.5 Å². The Morgan fingerprint density at radius 1 is 1.18 bits per heavy atom. The van der Waals surface area contributed by atoms with E-state index in [9.17, 15) is 18.0 Å². The van der Waals surface area contributed by atoms with Crippen molar-refractivity contribution >= 4 is 11.6 Å². The average Bonchev–Trinajstić information content (AvgIpc) is 2.53. The first-order chi connectivity index (χ1) is 10.5. The quantitative estimate of drug-likeness (QED) is 0.624. The zero-order chi connectivity index (χ0) is 16.3. The van der Waals surface area contributed by atoms with Crippen molar-refractivity contribution in [3.05, 3.63) is 65.0 Å². The summed E-state index contributed by atoms with van der Waals surface area (Å²) < 4.78 is 39.5. The topological polar surface area (TPSA) is 20.3 Å². The number of amides is 1. The summed E-state index contributed by atoms with van der Waals surface area (Å²) in [5, 5.41) is 0. The van der Waals surface area contributed by atoms with E-state index >= 15 is 0 Å². The summed E-state index contributed by atoms with van der Waals surface area (Å²) in [6.07, 6.45) is 5.31. The van der Waals surface area contributed by atoms with Crippen molar-refractivity contribution in [2.45, 2.75) is 6.92 Å². The maximum atomic E-state index is 13.3. The van der Waals surface area contributed by atoms with Crippen molar-refractivity contribution in [3.8, 4) is 12.3 Å². The van der Waals surface area contributed by atoms with Gasteiger partial charge in [0.2, 0.25) is 0 Å². The zero-order valence-electron chi connectivity index (χ0n) is 11.7. The maximum Gasteiger partial charge on any atom is 0.258 e. The molecule has 0 aliphatic rings. The summed E-state index contributed by atoms with van der Waals surface area (Å²) in [6, 6.07) is 7.98. The Balaban J connectivity index is 2.43. The van der Waals surface area contributed by atoms with E-state index in [1.165, 1.54) is 4.90 Å². The third-order valence-electron chi connectivity index (χ3n) is 3.12. The highest BCUT2D eigenvalue weighted by Gasteiger charge is 2.20. The second-order valence-corrected chi connectivity index (χ2v) is 4.50. The van der Waals surface area contributed by atoms with Crippen LogP contribution >= 0.6 is 0 Å². The molecule has 0 fully saturated rings. The molecule has 0 unspecified atom stereocenters. The van der Waals surface area contributed by atoms with E-state index in [4.69, 9.17) is 6.42 Å². The monoisotopic (exact) mass is 303 g/mol. The molecule has 0 heterocycles. The van der Waals surface area contributed by atoms with E-state index in [2.05, 4.69) is 5.92 Å². The van der Waals surface area contributed by atoms with Crippen LogP contribution in [0.15, 0.2) is 36.4 Å². The molecule has 1 amide bonds. The summed E-state index contributed by atoms with van der Waals surface area (Å²) in [4.78, 5) is 13.7. The van der Waals surface area contributed by atoms with Gasteiger partial charge in [-0.25, -0.2) is 13.2 Å². The molecule has 2 nitrogen and oxygen atoms in total. The smallest absolute Gasteiger partial charge is 0.258 e. The molecular weight excluding hydrogens is 291 g/mol. The van der Waals surface area contributed by atoms with E-state index in [0.717, 1.165) is 0 Å². The molecular formula is C17H12F3NO. The number of anilines is 1. The third-order valence-corrected chi connectivity index (χ3v) is 3.12. The van der Waals surface area contributed by atoms with E-state index in [1.54, 1.807) is 31.2 Å². The normalized spacial score (nSPS) is 10.1. The number of hydrogen-bond acceptors (Lipinski definition) is 1. The van der Waals surface area contributed by atoms with Gasteiger partial charge < -0.3 is 4.90 Å². The van der Waals surface area contributed by atoms with Crippen LogP contribution in [0.25, 0.3) is 0 Å². The van der Waals surface area contributed by atoms with Crippen molar-refractivity contribution in [3.63, 3.8) is 0 Å². The van der Waals surface area contributed by atoms with Gasteiger partial charge >= 0.3 is 0 Å². The van der Waals surface area contributed by atoms with Gasteiger partial charge in [0.25, 0.3) is 5.91 Å². The lowest BCUT2D eigenvalue weighted by Crippen LogP contribution is -2.31. The predicted octanol–water partition coefficient (Wildman–Crippen LogP) is 3.75. The highest BCUT2D eigenvalue weighted by atomic mass is 19.2. The molecule has 5 heteroatoms. The molecule has 0 atom stereocenters. The van der Waals surface area contributed by atoms with Crippen LogP contribution in [-0.2, 0) is 0 Å². The van der Waals surface area contributed by atoms with Crippen molar-refractivity contribution in [1.29, 1.82) is 0 Å². The molecule has 0 saturated carbocycles. The lowest BCUT2D eigenvalue weighted by atomic mass is 10.1. The SMILES string of the molecule is C#Cc1cccc(N(CC)C(=O)c2cc(F)c(F)c(F)c2)c1. The highest BCUT2D eigenvalue weighted by molar-refractivity contribution is 6.06. The number of nitrogens with zero attached hydrogens (tertiary/aromatic N) is 1. The molecule has 2 rings (SSSR count). The molecule has 0 aliphatic heterocycles. The molecule has 0 saturated heterocycles. The lowest BCUT2D eigenvalue weighted by Gasteiger charge is -2.21. The summed E-state index contributed by atoms with van der Waals surface area (Å²) >= 11 is 0. The molecule has 22 heavy (non-hydrogen) atoms. The van der Waals surface area contributed by atoms with E-state index < -0.39 is 23.4 Å². The molecule has 0 N–H and O–H groups in total. The van der Waals surface area contributed by atoms with Gasteiger partial charge in [0.1, 0.15) is 0 Å². The minimum atomic E-state index is -1.60. The number of carbonyl (C=O) groups is 1. The molecule has 2 aromatic rings. The fourth-order valence-corrected chi connectivity index (χ4v) is 2.04. The van der Waals surface area contributed by atoms with Crippen molar-refractivity contribution < 1.29 is 18.0 Å². The van der Waals surface area contributed by atoms with E-state index in [1.807, 2.05) is 0 Å². The Morgan fingerprint density at radius 2 is 1.82 bits per heavy atom. The molecule has 0 aromatic heterocycles. The largest absolute Gasteiger partial charge is 0.309 e. The second-order valence-electron chi connectivity index (χ2n) is 4.50. The summed E-state index contributed by atoms with van der Waals surface area (Å²) in [5.74, 6) is -2.62. The van der Waals surface area contributed by atoms with E-state index in [-0.39, 0.29) is 12.1 Å². The van der Waals surface area contributed by atoms with Gasteiger partial charge in [-0.15, -0.1) is 6.42 Å². The Hall–Kier alpha value is -2.74. The number of hydrogen-bond donors (Lipinski definition) is 0. The van der Waals surface area contributed by atoms with Crippen LogP contribution in [-0.4, -0.2) is 12.5 Å². The highest BCUT2D eigenvalue weighted by Crippen LogP contribution is 2.21. The van der Waals surface area contributed by atoms with Crippen LogP contribution in [0.3, 0.4) is 0 Å². The molecule has 0 spiro atoms. The third kappa shape index (κ3) is 2.96. The zero-order valence-corrected chi connectivity index (χ0v) is 11.7. The van der Waals surface area contributed by atoms with Gasteiger partial charge in [-0.3, -0.25) is 4.79 Å². The number of benzene rings is 2. The fraction of sp³-hybridized carbons (Fsp3) is 0.118. The number of terminal acetylenes is 1. The van der Waals surface area contributed by atoms with Gasteiger partial charge in [-0.1, -0.05) is 12.0 Å². The van der Waals surface area contributed by atoms with Gasteiger partial charge in [-0.2, -0.15) is 0 Å². The Bertz CT molecular complexity index is 742. The van der Waals surface area contributed by atoms with Crippen LogP contribution in [0.2, 0.25) is 0 Å². The Kier molecular flexibility index (Phi) is 4.52. The predicted molar refractivity (Wildman–Crippen MR) is 78.0 cm³/mol. The first-order valence-corrected chi connectivity index (χ1v) is 6.51. The lowest BCUT2D eigenvalue weighted by molar-refractivity contribution is 0.0987. The van der Waals surface area contributed by atoms with Crippen LogP contribution in [0.5, 0.6) is 0 Å². The Morgan fingerprint density at radius 3 is 2.36 bits per heavy atom. The van der Waals surface area contributed by atoms with Crippen molar-refractivity contribution in [2.24, 2.45) is 0 Å². The maximum absolute atomic E-state index is 13.3. The average molecular weight is 303 g/mol. The van der Waals surface area contributed by atoms with E-state index in [0.29, 0.717) is 23.4 Å². The minimum absolute atomic E-state index is 0.257. The van der Waals surface area contributed by atoms with Crippen LogP contribution in [0.4, 0.5) is 18.9 Å². The summed E-state index contributed by atoms with van der Waals surface area (Å²) in [6.45, 7) is 1.96. The number of carbonyl (C=O) groups excluding carboxylic acids is 1. The number of halogens is 3. The molecule has 0 bridgehead atoms. The first kappa shape index (κ1) is 15.6. The molecule has 2 aromatic carbocycles. The van der Waals surface area contributed by atoms with Gasteiger partial charge in [-0.05, 0) is 37.3 Å². The van der Waals surface area contributed by atoms with Crippen LogP contribution < -0.4 is 4.90 Å². The minimum Gasteiger partial charge on any atom is -0.309 e. The molecule has 0 aliphatic carbocycles. The molecule has 0 radical (unpaired) electrons. The van der Waals surface area contributed by atoms with Crippen molar-refractivity contribution in [2.75, 3.05) is 11.4 Å². The standard InChI is InChI=1S/C17H12F3NO/c1-3-11-6-5-7-13(8-11)21(4-2)17(22)12-9-14(18)16(20)15(19)10-12/h1,5-10H,4H2,2H3. The van der Waals surface area contributed by atoms with Crippen LogP contribution in [0.1, 0.15) is 22.8 Å². The first-order valence-electron chi connectivity index (χ1n) is 6.51. The van der Waals surface area contributed by atoms with Crippen molar-refractivity contribution in [1.82, 2.24) is 0 Å². The van der Waals surface area contributed by atoms with Gasteiger partial charge in [0.05, 0.1) is 0 Å². The summed E-state index contributed by atoms with van der Waals surface area (Å²) in [7, 11) is 0. The summed E-state index contributed by atoms with van der Waals surface area (Å²) in [5.41, 5.74) is 0.790. The fourth-order valence-electron chi connectivity index (χ4n) is 2.04. The second kappa shape index (κ2) is 6.35. The van der Waals surface area contributed by atoms with Crippen LogP contribution in [0, 0.1) is 29.8 Å². The molecule has 112 valence electrons. The number of rotatable bonds is 3. The van der Waals surface area contributed by atoms with Gasteiger partial charge in [0, 0.05) is 23.4 Å². The Labute approximate surface area is 126 Å².